The fourth-order valence-corrected chi connectivity index (χ4v) is 2.76. The molecule has 0 bridgehead atoms. The highest BCUT2D eigenvalue weighted by atomic mass is 16.4. The number of rotatable bonds is 7. The summed E-state index contributed by atoms with van der Waals surface area (Å²) in [6.45, 7) is 4.41. The summed E-state index contributed by atoms with van der Waals surface area (Å²) in [5.41, 5.74) is -0.836. The average molecular weight is 268 g/mol. The lowest BCUT2D eigenvalue weighted by molar-refractivity contribution is -0.144. The van der Waals surface area contributed by atoms with Crippen molar-refractivity contribution in [1.82, 2.24) is 10.6 Å². The summed E-state index contributed by atoms with van der Waals surface area (Å²) < 4.78 is 0. The summed E-state index contributed by atoms with van der Waals surface area (Å²) in [4.78, 5) is 23.2. The van der Waals surface area contributed by atoms with Gasteiger partial charge in [-0.05, 0) is 50.4 Å². The van der Waals surface area contributed by atoms with Crippen molar-refractivity contribution in [2.75, 3.05) is 6.54 Å². The number of carbonyl (C=O) groups excluding carboxylic acids is 1. The molecule has 0 heterocycles. The van der Waals surface area contributed by atoms with Crippen molar-refractivity contribution in [2.24, 2.45) is 11.3 Å². The van der Waals surface area contributed by atoms with Crippen LogP contribution in [0, 0.1) is 11.3 Å². The first-order chi connectivity index (χ1) is 8.92. The van der Waals surface area contributed by atoms with Gasteiger partial charge in [-0.1, -0.05) is 13.3 Å². The maximum absolute atomic E-state index is 11.9. The molecule has 2 aliphatic rings. The monoisotopic (exact) mass is 268 g/mol. The number of amides is 2. The van der Waals surface area contributed by atoms with Gasteiger partial charge in [0.25, 0.3) is 0 Å². The molecule has 2 fully saturated rings. The number of carboxylic acids is 1. The zero-order valence-corrected chi connectivity index (χ0v) is 11.8. The Kier molecular flexibility index (Phi) is 3.74. The van der Waals surface area contributed by atoms with Crippen LogP contribution in [0.15, 0.2) is 0 Å². The third-order valence-corrected chi connectivity index (χ3v) is 4.57. The molecule has 108 valence electrons. The van der Waals surface area contributed by atoms with Crippen LogP contribution in [0.3, 0.4) is 0 Å². The van der Waals surface area contributed by atoms with E-state index < -0.39 is 11.5 Å². The quantitative estimate of drug-likeness (QED) is 0.661. The summed E-state index contributed by atoms with van der Waals surface area (Å²) >= 11 is 0. The van der Waals surface area contributed by atoms with E-state index in [1.165, 1.54) is 12.8 Å². The highest BCUT2D eigenvalue weighted by molar-refractivity contribution is 5.86. The molecule has 0 radical (unpaired) electrons. The zero-order chi connectivity index (χ0) is 14.1. The molecule has 0 saturated heterocycles. The van der Waals surface area contributed by atoms with Crippen molar-refractivity contribution >= 4 is 12.0 Å². The number of aliphatic carboxylic acids is 1. The minimum atomic E-state index is -1.12. The number of hydrogen-bond donors (Lipinski definition) is 3. The molecule has 2 saturated carbocycles. The zero-order valence-electron chi connectivity index (χ0n) is 11.8. The Labute approximate surface area is 114 Å². The number of carbonyl (C=O) groups is 2. The summed E-state index contributed by atoms with van der Waals surface area (Å²) in [6.07, 6.45) is 6.34. The average Bonchev–Trinajstić information content (AvgIpc) is 3.21. The van der Waals surface area contributed by atoms with Crippen LogP contribution in [-0.2, 0) is 4.79 Å². The second-order valence-electron chi connectivity index (χ2n) is 6.34. The number of hydrogen-bond acceptors (Lipinski definition) is 2. The summed E-state index contributed by atoms with van der Waals surface area (Å²) in [5.74, 6) is -0.874. The van der Waals surface area contributed by atoms with E-state index in [1.54, 1.807) is 6.92 Å². The minimum Gasteiger partial charge on any atom is -0.480 e. The van der Waals surface area contributed by atoms with Gasteiger partial charge >= 0.3 is 12.0 Å². The van der Waals surface area contributed by atoms with Gasteiger partial charge in [0.15, 0.2) is 0 Å². The lowest BCUT2D eigenvalue weighted by Crippen LogP contribution is -2.57. The van der Waals surface area contributed by atoms with E-state index in [0.29, 0.717) is 6.54 Å². The maximum Gasteiger partial charge on any atom is 0.329 e. The second kappa shape index (κ2) is 5.02. The van der Waals surface area contributed by atoms with Gasteiger partial charge < -0.3 is 15.7 Å². The van der Waals surface area contributed by atoms with E-state index in [2.05, 4.69) is 17.6 Å². The highest BCUT2D eigenvalue weighted by Crippen LogP contribution is 2.48. The van der Waals surface area contributed by atoms with Gasteiger partial charge in [-0.2, -0.15) is 0 Å². The van der Waals surface area contributed by atoms with E-state index in [-0.39, 0.29) is 17.4 Å². The fraction of sp³-hybridized carbons (Fsp3) is 0.857. The van der Waals surface area contributed by atoms with Gasteiger partial charge in [0.1, 0.15) is 5.54 Å². The van der Waals surface area contributed by atoms with E-state index in [0.717, 1.165) is 25.7 Å². The molecule has 3 N–H and O–H groups in total. The third-order valence-electron chi connectivity index (χ3n) is 4.57. The van der Waals surface area contributed by atoms with Crippen LogP contribution in [0.1, 0.15) is 52.4 Å². The van der Waals surface area contributed by atoms with Gasteiger partial charge in [0, 0.05) is 6.54 Å². The molecule has 0 aromatic carbocycles. The molecule has 1 unspecified atom stereocenters. The van der Waals surface area contributed by atoms with E-state index in [9.17, 15) is 14.7 Å². The number of carboxylic acid groups (broad SMARTS) is 1. The van der Waals surface area contributed by atoms with Crippen LogP contribution in [0.5, 0.6) is 0 Å². The Morgan fingerprint density at radius 1 is 1.37 bits per heavy atom. The van der Waals surface area contributed by atoms with Gasteiger partial charge in [0.05, 0.1) is 0 Å². The largest absolute Gasteiger partial charge is 0.480 e. The SMILES string of the molecule is CCCC1(CNC(=O)NC(C)(C(=O)O)C2CC2)CC1. The second-order valence-corrected chi connectivity index (χ2v) is 6.34. The normalized spacial score (nSPS) is 23.3. The smallest absolute Gasteiger partial charge is 0.329 e. The predicted octanol–water partition coefficient (Wildman–Crippen LogP) is 2.12. The molecule has 2 aliphatic carbocycles. The summed E-state index contributed by atoms with van der Waals surface area (Å²) in [6, 6.07) is -0.348. The van der Waals surface area contributed by atoms with Gasteiger partial charge in [-0.25, -0.2) is 9.59 Å². The van der Waals surface area contributed by atoms with Gasteiger partial charge in [-0.15, -0.1) is 0 Å². The molecule has 5 nitrogen and oxygen atoms in total. The van der Waals surface area contributed by atoms with E-state index >= 15 is 0 Å². The van der Waals surface area contributed by atoms with Gasteiger partial charge in [0.2, 0.25) is 0 Å². The Morgan fingerprint density at radius 3 is 2.42 bits per heavy atom. The lowest BCUT2D eigenvalue weighted by Gasteiger charge is -2.27. The fourth-order valence-electron chi connectivity index (χ4n) is 2.76. The number of nitrogens with one attached hydrogen (secondary N) is 2. The molecule has 0 spiro atoms. The molecular weight excluding hydrogens is 244 g/mol. The molecular formula is C14H24N2O3. The molecule has 5 heteroatoms. The minimum absolute atomic E-state index is 0.0706. The Bertz CT molecular complexity index is 375. The van der Waals surface area contributed by atoms with E-state index in [1.807, 2.05) is 0 Å². The summed E-state index contributed by atoms with van der Waals surface area (Å²) in [7, 11) is 0. The number of urea groups is 1. The first kappa shape index (κ1) is 14.2. The van der Waals surface area contributed by atoms with Crippen molar-refractivity contribution in [1.29, 1.82) is 0 Å². The Hall–Kier alpha value is -1.26. The van der Waals surface area contributed by atoms with Crippen molar-refractivity contribution < 1.29 is 14.7 Å². The van der Waals surface area contributed by atoms with Crippen molar-refractivity contribution in [2.45, 2.75) is 57.9 Å². The van der Waals surface area contributed by atoms with Gasteiger partial charge in [-0.3, -0.25) is 0 Å². The molecule has 0 aromatic heterocycles. The van der Waals surface area contributed by atoms with Crippen LogP contribution in [0.4, 0.5) is 4.79 Å². The molecule has 0 aliphatic heterocycles. The Balaban J connectivity index is 1.82. The first-order valence-corrected chi connectivity index (χ1v) is 7.21. The van der Waals surface area contributed by atoms with Crippen LogP contribution in [0.2, 0.25) is 0 Å². The predicted molar refractivity (Wildman–Crippen MR) is 71.9 cm³/mol. The molecule has 0 aromatic rings. The topological polar surface area (TPSA) is 78.4 Å². The van der Waals surface area contributed by atoms with Crippen LogP contribution in [0.25, 0.3) is 0 Å². The maximum atomic E-state index is 11.9. The first-order valence-electron chi connectivity index (χ1n) is 7.21. The van der Waals surface area contributed by atoms with Crippen LogP contribution in [-0.4, -0.2) is 29.2 Å². The Morgan fingerprint density at radius 2 is 2.00 bits per heavy atom. The molecule has 19 heavy (non-hydrogen) atoms. The molecule has 1 atom stereocenters. The van der Waals surface area contributed by atoms with Crippen LogP contribution < -0.4 is 10.6 Å². The highest BCUT2D eigenvalue weighted by Gasteiger charge is 2.49. The van der Waals surface area contributed by atoms with E-state index in [4.69, 9.17) is 0 Å². The molecule has 2 amide bonds. The van der Waals surface area contributed by atoms with Crippen LogP contribution >= 0.6 is 0 Å². The third kappa shape index (κ3) is 3.19. The van der Waals surface area contributed by atoms with Crippen molar-refractivity contribution in [3.8, 4) is 0 Å². The van der Waals surface area contributed by atoms with Crippen molar-refractivity contribution in [3.05, 3.63) is 0 Å². The molecule has 2 rings (SSSR count). The summed E-state index contributed by atoms with van der Waals surface area (Å²) in [5, 5.41) is 14.8. The van der Waals surface area contributed by atoms with Crippen molar-refractivity contribution in [3.63, 3.8) is 0 Å². The standard InChI is InChI=1S/C14H24N2O3/c1-3-6-14(7-8-14)9-15-12(19)16-13(2,11(17)18)10-4-5-10/h10H,3-9H2,1-2H3,(H,17,18)(H2,15,16,19). The lowest BCUT2D eigenvalue weighted by atomic mass is 9.96.